The van der Waals surface area contributed by atoms with Crippen molar-refractivity contribution in [3.8, 4) is 0 Å². The molecule has 1 atom stereocenters. The maximum Gasteiger partial charge on any atom is 0.251 e. The van der Waals surface area contributed by atoms with Crippen LogP contribution in [0.5, 0.6) is 0 Å². The topological polar surface area (TPSA) is 35.6 Å². The van der Waals surface area contributed by atoms with Crippen molar-refractivity contribution in [2.24, 2.45) is 0 Å². The van der Waals surface area contributed by atoms with Gasteiger partial charge in [-0.15, -0.1) is 0 Å². The van der Waals surface area contributed by atoms with Crippen molar-refractivity contribution in [2.75, 3.05) is 24.5 Å². The summed E-state index contributed by atoms with van der Waals surface area (Å²) in [4.78, 5) is 17.4. The van der Waals surface area contributed by atoms with Crippen molar-refractivity contribution in [3.63, 3.8) is 0 Å². The average molecular weight is 466 g/mol. The van der Waals surface area contributed by atoms with Crippen LogP contribution in [-0.4, -0.2) is 36.5 Å². The first-order chi connectivity index (χ1) is 15.9. The van der Waals surface area contributed by atoms with Crippen molar-refractivity contribution in [2.45, 2.75) is 33.0 Å². The number of nitrogens with zero attached hydrogens (tertiary/aromatic N) is 2. The number of anilines is 1. The van der Waals surface area contributed by atoms with Gasteiger partial charge in [-0.1, -0.05) is 41.9 Å². The first kappa shape index (κ1) is 23.3. The molecule has 3 aromatic rings. The molecule has 6 heteroatoms. The Kier molecular flexibility index (Phi) is 7.31. The van der Waals surface area contributed by atoms with Gasteiger partial charge in [0.1, 0.15) is 5.82 Å². The molecule has 0 aromatic heterocycles. The molecule has 1 aliphatic heterocycles. The molecule has 0 saturated carbocycles. The lowest BCUT2D eigenvalue weighted by Gasteiger charge is -2.41. The average Bonchev–Trinajstić information content (AvgIpc) is 2.81. The van der Waals surface area contributed by atoms with Crippen molar-refractivity contribution in [1.29, 1.82) is 0 Å². The van der Waals surface area contributed by atoms with Gasteiger partial charge in [0.15, 0.2) is 0 Å². The van der Waals surface area contributed by atoms with Gasteiger partial charge in [0.05, 0.1) is 0 Å². The first-order valence-electron chi connectivity index (χ1n) is 11.3. The molecule has 0 aliphatic carbocycles. The summed E-state index contributed by atoms with van der Waals surface area (Å²) in [6, 6.07) is 20.8. The molecule has 1 N–H and O–H groups in total. The molecule has 0 radical (unpaired) electrons. The molecule has 1 saturated heterocycles. The highest BCUT2D eigenvalue weighted by Gasteiger charge is 2.24. The van der Waals surface area contributed by atoms with E-state index >= 15 is 0 Å². The summed E-state index contributed by atoms with van der Waals surface area (Å²) in [5.41, 5.74) is 4.74. The van der Waals surface area contributed by atoms with Gasteiger partial charge in [-0.2, -0.15) is 0 Å². The SMILES string of the molecule is Cc1c(Cl)cccc1C(=O)NCc1cccc(N2CCN(Cc3ccc(F)cc3)CC2C)c1. The smallest absolute Gasteiger partial charge is 0.251 e. The third-order valence-corrected chi connectivity index (χ3v) is 6.65. The summed E-state index contributed by atoms with van der Waals surface area (Å²) in [6.07, 6.45) is 0. The fourth-order valence-electron chi connectivity index (χ4n) is 4.38. The summed E-state index contributed by atoms with van der Waals surface area (Å²) in [5, 5.41) is 3.61. The maximum atomic E-state index is 13.2. The van der Waals surface area contributed by atoms with E-state index in [4.69, 9.17) is 11.6 Å². The van der Waals surface area contributed by atoms with Gasteiger partial charge in [0.2, 0.25) is 0 Å². The van der Waals surface area contributed by atoms with Crippen molar-refractivity contribution in [1.82, 2.24) is 10.2 Å². The number of piperazine rings is 1. The van der Waals surface area contributed by atoms with Crippen LogP contribution in [0.2, 0.25) is 5.02 Å². The molecule has 1 fully saturated rings. The van der Waals surface area contributed by atoms with Crippen LogP contribution in [0.25, 0.3) is 0 Å². The zero-order valence-electron chi connectivity index (χ0n) is 19.0. The number of carbonyl (C=O) groups is 1. The number of hydrogen-bond donors (Lipinski definition) is 1. The standard InChI is InChI=1S/C27H29ClFN3O/c1-19-17-31(18-21-9-11-23(29)12-10-21)13-14-32(19)24-6-3-5-22(15-24)16-30-27(33)25-7-4-8-26(28)20(25)2/h3-12,15,19H,13-14,16-18H2,1-2H3,(H,30,33). The van der Waals surface area contributed by atoms with E-state index in [9.17, 15) is 9.18 Å². The third kappa shape index (κ3) is 5.73. The largest absolute Gasteiger partial charge is 0.366 e. The molecule has 1 aliphatic rings. The summed E-state index contributed by atoms with van der Waals surface area (Å²) in [5.74, 6) is -0.320. The van der Waals surface area contributed by atoms with E-state index in [0.717, 1.165) is 48.6 Å². The van der Waals surface area contributed by atoms with Crippen molar-refractivity contribution >= 4 is 23.2 Å². The molecule has 1 unspecified atom stereocenters. The highest BCUT2D eigenvalue weighted by atomic mass is 35.5. The minimum Gasteiger partial charge on any atom is -0.366 e. The third-order valence-electron chi connectivity index (χ3n) is 6.24. The molecule has 172 valence electrons. The Bertz CT molecular complexity index is 1120. The summed E-state index contributed by atoms with van der Waals surface area (Å²) in [7, 11) is 0. The summed E-state index contributed by atoms with van der Waals surface area (Å²) < 4.78 is 13.2. The molecule has 0 spiro atoms. The van der Waals surface area contributed by atoms with Crippen LogP contribution in [0.15, 0.2) is 66.7 Å². The normalized spacial score (nSPS) is 16.6. The summed E-state index contributed by atoms with van der Waals surface area (Å²) >= 11 is 6.15. The molecular weight excluding hydrogens is 437 g/mol. The van der Waals surface area contributed by atoms with Gasteiger partial charge < -0.3 is 10.2 Å². The molecule has 4 nitrogen and oxygen atoms in total. The summed E-state index contributed by atoms with van der Waals surface area (Å²) in [6.45, 7) is 8.16. The lowest BCUT2D eigenvalue weighted by Crippen LogP contribution is -2.51. The van der Waals surface area contributed by atoms with Gasteiger partial charge in [-0.05, 0) is 66.9 Å². The highest BCUT2D eigenvalue weighted by Crippen LogP contribution is 2.23. The zero-order valence-corrected chi connectivity index (χ0v) is 19.8. The molecule has 3 aromatic carbocycles. The van der Waals surface area contributed by atoms with Crippen LogP contribution >= 0.6 is 11.6 Å². The Balaban J connectivity index is 1.36. The Morgan fingerprint density at radius 3 is 2.58 bits per heavy atom. The number of benzene rings is 3. The molecule has 1 amide bonds. The fourth-order valence-corrected chi connectivity index (χ4v) is 4.56. The van der Waals surface area contributed by atoms with Crippen molar-refractivity contribution < 1.29 is 9.18 Å². The lowest BCUT2D eigenvalue weighted by molar-refractivity contribution is 0.0950. The van der Waals surface area contributed by atoms with Gasteiger partial charge in [0, 0.05) is 55.0 Å². The fraction of sp³-hybridized carbons (Fsp3) is 0.296. The molecule has 4 rings (SSSR count). The lowest BCUT2D eigenvalue weighted by atomic mass is 10.1. The highest BCUT2D eigenvalue weighted by molar-refractivity contribution is 6.31. The van der Waals surface area contributed by atoms with Crippen LogP contribution < -0.4 is 10.2 Å². The van der Waals surface area contributed by atoms with E-state index in [0.29, 0.717) is 23.2 Å². The number of amides is 1. The van der Waals surface area contributed by atoms with E-state index in [-0.39, 0.29) is 11.7 Å². The van der Waals surface area contributed by atoms with Crippen LogP contribution in [0.4, 0.5) is 10.1 Å². The van der Waals surface area contributed by atoms with Crippen LogP contribution in [0, 0.1) is 12.7 Å². The van der Waals surface area contributed by atoms with Crippen LogP contribution in [0.1, 0.15) is 34.0 Å². The van der Waals surface area contributed by atoms with E-state index in [1.807, 2.05) is 31.2 Å². The molecule has 1 heterocycles. The molecular formula is C27H29ClFN3O. The van der Waals surface area contributed by atoms with E-state index in [1.54, 1.807) is 18.2 Å². The Hall–Kier alpha value is -2.89. The number of nitrogens with one attached hydrogen (secondary N) is 1. The van der Waals surface area contributed by atoms with Crippen LogP contribution in [0.3, 0.4) is 0 Å². The number of halogens is 2. The minimum atomic E-state index is -0.198. The first-order valence-corrected chi connectivity index (χ1v) is 11.6. The monoisotopic (exact) mass is 465 g/mol. The number of carbonyl (C=O) groups excluding carboxylic acids is 1. The van der Waals surface area contributed by atoms with Gasteiger partial charge in [0.25, 0.3) is 5.91 Å². The quantitative estimate of drug-likeness (QED) is 0.527. The second-order valence-corrected chi connectivity index (χ2v) is 9.08. The minimum absolute atomic E-state index is 0.122. The van der Waals surface area contributed by atoms with Crippen molar-refractivity contribution in [3.05, 3.63) is 99.8 Å². The number of rotatable bonds is 6. The van der Waals surface area contributed by atoms with Crippen LogP contribution in [-0.2, 0) is 13.1 Å². The van der Waals surface area contributed by atoms with Gasteiger partial charge in [-0.3, -0.25) is 9.69 Å². The Labute approximate surface area is 200 Å². The van der Waals surface area contributed by atoms with Gasteiger partial charge in [-0.25, -0.2) is 4.39 Å². The van der Waals surface area contributed by atoms with E-state index in [2.05, 4.69) is 34.2 Å². The Morgan fingerprint density at radius 1 is 1.06 bits per heavy atom. The Morgan fingerprint density at radius 2 is 1.82 bits per heavy atom. The second kappa shape index (κ2) is 10.4. The molecule has 0 bridgehead atoms. The predicted molar refractivity (Wildman–Crippen MR) is 132 cm³/mol. The van der Waals surface area contributed by atoms with E-state index < -0.39 is 0 Å². The molecule has 33 heavy (non-hydrogen) atoms. The van der Waals surface area contributed by atoms with E-state index in [1.165, 1.54) is 12.1 Å². The predicted octanol–water partition coefficient (Wildman–Crippen LogP) is 5.43. The maximum absolute atomic E-state index is 13.2. The zero-order chi connectivity index (χ0) is 23.4. The van der Waals surface area contributed by atoms with Gasteiger partial charge >= 0.3 is 0 Å². The number of hydrogen-bond acceptors (Lipinski definition) is 3. The second-order valence-electron chi connectivity index (χ2n) is 8.67.